The molecule has 0 bridgehead atoms. The predicted octanol–water partition coefficient (Wildman–Crippen LogP) is 2.89. The molecule has 1 amide bonds. The zero-order chi connectivity index (χ0) is 15.0. The SMILES string of the molecule is CC1(C)Oc2ccc(NC(=O)c3ccc(Cl)nn3)cc2O1. The highest BCUT2D eigenvalue weighted by Gasteiger charge is 2.31. The summed E-state index contributed by atoms with van der Waals surface area (Å²) in [5.41, 5.74) is 0.759. The van der Waals surface area contributed by atoms with Crippen LogP contribution in [0.15, 0.2) is 30.3 Å². The Kier molecular flexibility index (Phi) is 3.17. The Bertz CT molecular complexity index is 701. The van der Waals surface area contributed by atoms with E-state index in [0.717, 1.165) is 0 Å². The molecular weight excluding hydrogens is 294 g/mol. The van der Waals surface area contributed by atoms with Crippen LogP contribution >= 0.6 is 11.6 Å². The van der Waals surface area contributed by atoms with Gasteiger partial charge in [-0.05, 0) is 24.3 Å². The van der Waals surface area contributed by atoms with Crippen LogP contribution in [0.25, 0.3) is 0 Å². The number of carbonyl (C=O) groups is 1. The van der Waals surface area contributed by atoms with Crippen LogP contribution in [0, 0.1) is 0 Å². The van der Waals surface area contributed by atoms with Gasteiger partial charge in [0.15, 0.2) is 22.3 Å². The maximum atomic E-state index is 12.0. The number of carbonyl (C=O) groups excluding carboxylic acids is 1. The second kappa shape index (κ2) is 4.89. The average Bonchev–Trinajstić information content (AvgIpc) is 2.72. The number of nitrogens with one attached hydrogen (secondary N) is 1. The summed E-state index contributed by atoms with van der Waals surface area (Å²) in [6.45, 7) is 3.63. The number of halogens is 1. The van der Waals surface area contributed by atoms with E-state index in [1.165, 1.54) is 12.1 Å². The number of fused-ring (bicyclic) bond motifs is 1. The Morgan fingerprint density at radius 1 is 1.14 bits per heavy atom. The number of nitrogens with zero attached hydrogens (tertiary/aromatic N) is 2. The Morgan fingerprint density at radius 3 is 2.62 bits per heavy atom. The van der Waals surface area contributed by atoms with E-state index in [2.05, 4.69) is 15.5 Å². The minimum atomic E-state index is -0.702. The topological polar surface area (TPSA) is 73.3 Å². The average molecular weight is 306 g/mol. The zero-order valence-electron chi connectivity index (χ0n) is 11.4. The van der Waals surface area contributed by atoms with Crippen molar-refractivity contribution in [1.82, 2.24) is 10.2 Å². The highest BCUT2D eigenvalue weighted by Crippen LogP contribution is 2.40. The van der Waals surface area contributed by atoms with Gasteiger partial charge in [0.25, 0.3) is 5.91 Å². The largest absolute Gasteiger partial charge is 0.449 e. The quantitative estimate of drug-likeness (QED) is 0.923. The lowest BCUT2D eigenvalue weighted by Gasteiger charge is -2.16. The first-order valence-corrected chi connectivity index (χ1v) is 6.63. The van der Waals surface area contributed by atoms with Crippen LogP contribution < -0.4 is 14.8 Å². The molecule has 0 radical (unpaired) electrons. The zero-order valence-corrected chi connectivity index (χ0v) is 12.1. The van der Waals surface area contributed by atoms with Gasteiger partial charge in [0.05, 0.1) is 0 Å². The van der Waals surface area contributed by atoms with Crippen LogP contribution in [0.5, 0.6) is 11.5 Å². The van der Waals surface area contributed by atoms with E-state index in [-0.39, 0.29) is 16.8 Å². The minimum absolute atomic E-state index is 0.178. The number of ether oxygens (including phenoxy) is 2. The molecule has 1 aliphatic rings. The lowest BCUT2D eigenvalue weighted by Crippen LogP contribution is -2.29. The van der Waals surface area contributed by atoms with E-state index in [0.29, 0.717) is 17.2 Å². The summed E-state index contributed by atoms with van der Waals surface area (Å²) >= 11 is 5.63. The molecule has 6 nitrogen and oxygen atoms in total. The Balaban J connectivity index is 1.77. The first-order chi connectivity index (χ1) is 9.93. The number of benzene rings is 1. The minimum Gasteiger partial charge on any atom is -0.449 e. The molecule has 7 heteroatoms. The molecule has 0 saturated carbocycles. The van der Waals surface area contributed by atoms with Crippen LogP contribution in [0.3, 0.4) is 0 Å². The van der Waals surface area contributed by atoms with Crippen molar-refractivity contribution < 1.29 is 14.3 Å². The highest BCUT2D eigenvalue weighted by atomic mass is 35.5. The molecule has 0 aliphatic carbocycles. The summed E-state index contributed by atoms with van der Waals surface area (Å²) in [6.07, 6.45) is 0. The Labute approximate surface area is 126 Å². The van der Waals surface area contributed by atoms with Crippen LogP contribution in [-0.4, -0.2) is 21.9 Å². The third-order valence-electron chi connectivity index (χ3n) is 2.78. The Hall–Kier alpha value is -2.34. The van der Waals surface area contributed by atoms with Crippen molar-refractivity contribution in [3.05, 3.63) is 41.2 Å². The number of rotatable bonds is 2. The van der Waals surface area contributed by atoms with Gasteiger partial charge in [-0.2, -0.15) is 0 Å². The van der Waals surface area contributed by atoms with Gasteiger partial charge in [0.2, 0.25) is 5.79 Å². The lowest BCUT2D eigenvalue weighted by atomic mass is 10.2. The number of hydrogen-bond acceptors (Lipinski definition) is 5. The first-order valence-electron chi connectivity index (χ1n) is 6.26. The van der Waals surface area contributed by atoms with Gasteiger partial charge >= 0.3 is 0 Å². The molecule has 0 spiro atoms. The van der Waals surface area contributed by atoms with Gasteiger partial charge in [-0.25, -0.2) is 0 Å². The summed E-state index contributed by atoms with van der Waals surface area (Å²) in [6, 6.07) is 8.18. The van der Waals surface area contributed by atoms with Crippen LogP contribution in [0.1, 0.15) is 24.3 Å². The van der Waals surface area contributed by atoms with Crippen molar-refractivity contribution in [2.75, 3.05) is 5.32 Å². The second-order valence-electron chi connectivity index (χ2n) is 4.96. The lowest BCUT2D eigenvalue weighted by molar-refractivity contribution is -0.0431. The van der Waals surface area contributed by atoms with Crippen LogP contribution in [-0.2, 0) is 0 Å². The van der Waals surface area contributed by atoms with E-state index >= 15 is 0 Å². The number of amides is 1. The summed E-state index contributed by atoms with van der Waals surface area (Å²) in [4.78, 5) is 12.0. The van der Waals surface area contributed by atoms with Gasteiger partial charge in [-0.15, -0.1) is 10.2 Å². The predicted molar refractivity (Wildman–Crippen MR) is 76.8 cm³/mol. The fourth-order valence-corrected chi connectivity index (χ4v) is 2.03. The molecule has 0 saturated heterocycles. The van der Waals surface area contributed by atoms with Crippen molar-refractivity contribution in [3.63, 3.8) is 0 Å². The first kappa shape index (κ1) is 13.6. The molecule has 21 heavy (non-hydrogen) atoms. The van der Waals surface area contributed by atoms with Crippen LogP contribution in [0.2, 0.25) is 5.15 Å². The molecule has 0 atom stereocenters. The molecule has 2 aromatic rings. The Morgan fingerprint density at radius 2 is 1.90 bits per heavy atom. The van der Waals surface area contributed by atoms with Gasteiger partial charge in [0, 0.05) is 25.6 Å². The van der Waals surface area contributed by atoms with Gasteiger partial charge in [-0.3, -0.25) is 4.79 Å². The van der Waals surface area contributed by atoms with Crippen molar-refractivity contribution >= 4 is 23.2 Å². The van der Waals surface area contributed by atoms with Crippen molar-refractivity contribution in [2.24, 2.45) is 0 Å². The maximum absolute atomic E-state index is 12.0. The maximum Gasteiger partial charge on any atom is 0.276 e. The molecule has 3 rings (SSSR count). The van der Waals surface area contributed by atoms with Gasteiger partial charge < -0.3 is 14.8 Å². The molecule has 1 N–H and O–H groups in total. The van der Waals surface area contributed by atoms with Crippen molar-refractivity contribution in [2.45, 2.75) is 19.6 Å². The monoisotopic (exact) mass is 305 g/mol. The van der Waals surface area contributed by atoms with E-state index in [4.69, 9.17) is 21.1 Å². The van der Waals surface area contributed by atoms with Crippen molar-refractivity contribution in [1.29, 1.82) is 0 Å². The standard InChI is InChI=1S/C14H12ClN3O3/c1-14(2)20-10-5-3-8(7-11(10)21-14)16-13(19)9-4-6-12(15)18-17-9/h3-7H,1-2H3,(H,16,19). The third-order valence-corrected chi connectivity index (χ3v) is 2.98. The molecule has 1 aliphatic heterocycles. The number of hydrogen-bond donors (Lipinski definition) is 1. The fourth-order valence-electron chi connectivity index (χ4n) is 1.93. The van der Waals surface area contributed by atoms with Gasteiger partial charge in [-0.1, -0.05) is 11.6 Å². The number of anilines is 1. The van der Waals surface area contributed by atoms with Gasteiger partial charge in [0.1, 0.15) is 0 Å². The van der Waals surface area contributed by atoms with E-state index in [9.17, 15) is 4.79 Å². The molecular formula is C14H12ClN3O3. The number of aromatic nitrogens is 2. The summed E-state index contributed by atoms with van der Waals surface area (Å²) in [7, 11) is 0. The smallest absolute Gasteiger partial charge is 0.276 e. The highest BCUT2D eigenvalue weighted by molar-refractivity contribution is 6.29. The fraction of sp³-hybridized carbons (Fsp3) is 0.214. The molecule has 1 aromatic heterocycles. The second-order valence-corrected chi connectivity index (χ2v) is 5.35. The molecule has 0 fully saturated rings. The summed E-state index contributed by atoms with van der Waals surface area (Å²) in [5, 5.41) is 10.3. The molecule has 108 valence electrons. The van der Waals surface area contributed by atoms with Crippen molar-refractivity contribution in [3.8, 4) is 11.5 Å². The normalized spacial score (nSPS) is 14.8. The third kappa shape index (κ3) is 2.90. The molecule has 0 unspecified atom stereocenters. The van der Waals surface area contributed by atoms with Crippen LogP contribution in [0.4, 0.5) is 5.69 Å². The summed E-state index contributed by atoms with van der Waals surface area (Å²) < 4.78 is 11.2. The van der Waals surface area contributed by atoms with E-state index in [1.807, 2.05) is 13.8 Å². The summed E-state index contributed by atoms with van der Waals surface area (Å²) in [5.74, 6) is 0.147. The van der Waals surface area contributed by atoms with E-state index < -0.39 is 5.79 Å². The van der Waals surface area contributed by atoms with E-state index in [1.54, 1.807) is 18.2 Å². The molecule has 1 aromatic carbocycles. The molecule has 2 heterocycles.